The Morgan fingerprint density at radius 3 is 3.04 bits per heavy atom. The van der Waals surface area contributed by atoms with Crippen LogP contribution in [0.2, 0.25) is 5.02 Å². The fourth-order valence-corrected chi connectivity index (χ4v) is 2.47. The largest absolute Gasteiger partial charge is 0.381 e. The molecule has 24 heavy (non-hydrogen) atoms. The first-order valence-corrected chi connectivity index (χ1v) is 7.91. The molecule has 0 spiro atoms. The first kappa shape index (κ1) is 17.6. The SMILES string of the molecule is C[C@@H](NC(=O)NCCCc1[nH]nc(N)c1C#N)c1cccc(Cl)c1. The molecule has 2 rings (SSSR count). The Morgan fingerprint density at radius 2 is 2.33 bits per heavy atom. The zero-order valence-corrected chi connectivity index (χ0v) is 14.0. The fraction of sp³-hybridized carbons (Fsp3) is 0.312. The Balaban J connectivity index is 1.74. The highest BCUT2D eigenvalue weighted by Gasteiger charge is 2.11. The van der Waals surface area contributed by atoms with Crippen LogP contribution in [0.5, 0.6) is 0 Å². The monoisotopic (exact) mass is 346 g/mol. The molecule has 7 nitrogen and oxygen atoms in total. The lowest BCUT2D eigenvalue weighted by Crippen LogP contribution is -2.37. The summed E-state index contributed by atoms with van der Waals surface area (Å²) >= 11 is 5.94. The summed E-state index contributed by atoms with van der Waals surface area (Å²) in [4.78, 5) is 11.9. The maximum atomic E-state index is 11.9. The number of nitrogens with one attached hydrogen (secondary N) is 3. The highest BCUT2D eigenvalue weighted by Crippen LogP contribution is 2.17. The summed E-state index contributed by atoms with van der Waals surface area (Å²) < 4.78 is 0. The number of carbonyl (C=O) groups is 1. The number of hydrogen-bond donors (Lipinski definition) is 4. The van der Waals surface area contributed by atoms with Crippen LogP contribution in [-0.4, -0.2) is 22.8 Å². The summed E-state index contributed by atoms with van der Waals surface area (Å²) in [7, 11) is 0. The molecule has 1 aromatic heterocycles. The zero-order valence-electron chi connectivity index (χ0n) is 13.3. The van der Waals surface area contributed by atoms with Crippen molar-refractivity contribution in [3.05, 3.63) is 46.1 Å². The maximum Gasteiger partial charge on any atom is 0.315 e. The Hall–Kier alpha value is -2.72. The molecule has 8 heteroatoms. The molecule has 0 aliphatic rings. The minimum absolute atomic E-state index is 0.152. The third-order valence-corrected chi connectivity index (χ3v) is 3.80. The van der Waals surface area contributed by atoms with Crippen LogP contribution in [0.25, 0.3) is 0 Å². The van der Waals surface area contributed by atoms with Crippen molar-refractivity contribution in [3.8, 4) is 6.07 Å². The van der Waals surface area contributed by atoms with Crippen molar-refractivity contribution in [3.63, 3.8) is 0 Å². The zero-order chi connectivity index (χ0) is 17.5. The standard InChI is InChI=1S/C16H19ClN6O/c1-10(11-4-2-5-12(17)8-11)21-16(24)20-7-3-6-14-13(9-18)15(19)23-22-14/h2,4-5,8,10H,3,6-7H2,1H3,(H3,19,22,23)(H2,20,21,24)/t10-/m1/s1. The molecule has 5 N–H and O–H groups in total. The first-order valence-electron chi connectivity index (χ1n) is 7.54. The molecule has 0 aliphatic heterocycles. The summed E-state index contributed by atoms with van der Waals surface area (Å²) in [5.74, 6) is 0.202. The van der Waals surface area contributed by atoms with Gasteiger partial charge in [0.1, 0.15) is 11.6 Å². The van der Waals surface area contributed by atoms with Crippen LogP contribution in [-0.2, 0) is 6.42 Å². The molecule has 1 heterocycles. The predicted molar refractivity (Wildman–Crippen MR) is 92.4 cm³/mol. The average molecular weight is 347 g/mol. The van der Waals surface area contributed by atoms with Gasteiger partial charge in [0.2, 0.25) is 0 Å². The molecule has 2 aromatic rings. The molecule has 0 saturated carbocycles. The van der Waals surface area contributed by atoms with Gasteiger partial charge in [0.15, 0.2) is 5.82 Å². The highest BCUT2D eigenvalue weighted by atomic mass is 35.5. The third-order valence-electron chi connectivity index (χ3n) is 3.57. The normalized spacial score (nSPS) is 11.5. The van der Waals surface area contributed by atoms with Crippen molar-refractivity contribution < 1.29 is 4.79 Å². The number of halogens is 1. The summed E-state index contributed by atoms with van der Waals surface area (Å²) in [6, 6.07) is 8.96. The summed E-state index contributed by atoms with van der Waals surface area (Å²) in [6.07, 6.45) is 1.24. The molecular weight excluding hydrogens is 328 g/mol. The number of anilines is 1. The van der Waals surface area contributed by atoms with Gasteiger partial charge >= 0.3 is 6.03 Å². The van der Waals surface area contributed by atoms with Crippen molar-refractivity contribution in [1.82, 2.24) is 20.8 Å². The van der Waals surface area contributed by atoms with E-state index in [9.17, 15) is 4.79 Å². The van der Waals surface area contributed by atoms with Crippen LogP contribution in [0, 0.1) is 11.3 Å². The van der Waals surface area contributed by atoms with E-state index < -0.39 is 0 Å². The maximum absolute atomic E-state index is 11.9. The van der Waals surface area contributed by atoms with E-state index in [4.69, 9.17) is 22.6 Å². The van der Waals surface area contributed by atoms with Gasteiger partial charge in [-0.2, -0.15) is 10.4 Å². The number of benzene rings is 1. The lowest BCUT2D eigenvalue weighted by molar-refractivity contribution is 0.238. The molecule has 0 bridgehead atoms. The molecule has 0 radical (unpaired) electrons. The van der Waals surface area contributed by atoms with Gasteiger partial charge < -0.3 is 16.4 Å². The quantitative estimate of drug-likeness (QED) is 0.600. The molecule has 0 saturated heterocycles. The molecular formula is C16H19ClN6O. The minimum atomic E-state index is -0.257. The number of aromatic nitrogens is 2. The van der Waals surface area contributed by atoms with Crippen molar-refractivity contribution in [1.29, 1.82) is 5.26 Å². The number of nitriles is 1. The Bertz CT molecular complexity index is 751. The second-order valence-electron chi connectivity index (χ2n) is 5.35. The predicted octanol–water partition coefficient (Wildman–Crippen LogP) is 2.51. The number of nitrogens with two attached hydrogens (primary N) is 1. The number of amides is 2. The molecule has 1 atom stereocenters. The van der Waals surface area contributed by atoms with E-state index in [1.807, 2.05) is 31.2 Å². The molecule has 0 aliphatic carbocycles. The van der Waals surface area contributed by atoms with E-state index in [-0.39, 0.29) is 17.9 Å². The van der Waals surface area contributed by atoms with E-state index in [0.717, 1.165) is 5.56 Å². The summed E-state index contributed by atoms with van der Waals surface area (Å²) in [5.41, 5.74) is 7.56. The third kappa shape index (κ3) is 4.64. The van der Waals surface area contributed by atoms with Gasteiger partial charge in [0, 0.05) is 11.6 Å². The number of carbonyl (C=O) groups excluding carboxylic acids is 1. The molecule has 0 unspecified atom stereocenters. The summed E-state index contributed by atoms with van der Waals surface area (Å²) in [6.45, 7) is 2.36. The molecule has 0 fully saturated rings. The Labute approximate surface area is 145 Å². The van der Waals surface area contributed by atoms with Gasteiger partial charge in [0.25, 0.3) is 0 Å². The molecule has 2 amide bonds. The number of H-pyrrole nitrogens is 1. The van der Waals surface area contributed by atoms with E-state index in [1.165, 1.54) is 0 Å². The number of aromatic amines is 1. The average Bonchev–Trinajstić information content (AvgIpc) is 2.91. The van der Waals surface area contributed by atoms with Gasteiger partial charge in [0.05, 0.1) is 11.7 Å². The minimum Gasteiger partial charge on any atom is -0.381 e. The number of nitrogens with zero attached hydrogens (tertiary/aromatic N) is 2. The second-order valence-corrected chi connectivity index (χ2v) is 5.79. The topological polar surface area (TPSA) is 120 Å². The lowest BCUT2D eigenvalue weighted by Gasteiger charge is -2.15. The van der Waals surface area contributed by atoms with E-state index in [0.29, 0.717) is 35.7 Å². The van der Waals surface area contributed by atoms with Crippen molar-refractivity contribution in [2.24, 2.45) is 0 Å². The number of nitrogen functional groups attached to an aromatic ring is 1. The summed E-state index contributed by atoms with van der Waals surface area (Å²) in [5, 5.41) is 21.8. The van der Waals surface area contributed by atoms with Crippen LogP contribution in [0.1, 0.15) is 36.2 Å². The van der Waals surface area contributed by atoms with Crippen LogP contribution in [0.15, 0.2) is 24.3 Å². The van der Waals surface area contributed by atoms with E-state index in [1.54, 1.807) is 6.07 Å². The van der Waals surface area contributed by atoms with Crippen LogP contribution in [0.3, 0.4) is 0 Å². The smallest absolute Gasteiger partial charge is 0.315 e. The fourth-order valence-electron chi connectivity index (χ4n) is 2.27. The number of urea groups is 1. The number of hydrogen-bond acceptors (Lipinski definition) is 4. The van der Waals surface area contributed by atoms with Gasteiger partial charge in [-0.05, 0) is 37.5 Å². The highest BCUT2D eigenvalue weighted by molar-refractivity contribution is 6.30. The van der Waals surface area contributed by atoms with Crippen LogP contribution >= 0.6 is 11.6 Å². The van der Waals surface area contributed by atoms with Gasteiger partial charge in [-0.15, -0.1) is 0 Å². The van der Waals surface area contributed by atoms with E-state index in [2.05, 4.69) is 20.8 Å². The Kier molecular flexibility index (Phi) is 6.04. The van der Waals surface area contributed by atoms with Gasteiger partial charge in [-0.25, -0.2) is 4.79 Å². The molecule has 126 valence electrons. The lowest BCUT2D eigenvalue weighted by atomic mass is 10.1. The van der Waals surface area contributed by atoms with Gasteiger partial charge in [-0.1, -0.05) is 23.7 Å². The van der Waals surface area contributed by atoms with Gasteiger partial charge in [-0.3, -0.25) is 5.10 Å². The first-order chi connectivity index (χ1) is 11.5. The number of rotatable bonds is 6. The Morgan fingerprint density at radius 1 is 1.54 bits per heavy atom. The van der Waals surface area contributed by atoms with Crippen LogP contribution < -0.4 is 16.4 Å². The van der Waals surface area contributed by atoms with Crippen molar-refractivity contribution in [2.45, 2.75) is 25.8 Å². The second kappa shape index (κ2) is 8.22. The van der Waals surface area contributed by atoms with Crippen molar-refractivity contribution >= 4 is 23.4 Å². The number of aryl methyl sites for hydroxylation is 1. The van der Waals surface area contributed by atoms with Crippen LogP contribution in [0.4, 0.5) is 10.6 Å². The van der Waals surface area contributed by atoms with Crippen molar-refractivity contribution in [2.75, 3.05) is 12.3 Å². The van der Waals surface area contributed by atoms with E-state index >= 15 is 0 Å². The molecule has 1 aromatic carbocycles.